The fourth-order valence-corrected chi connectivity index (χ4v) is 2.49. The van der Waals surface area contributed by atoms with Crippen LogP contribution in [0.15, 0.2) is 67.3 Å². The second-order valence-electron chi connectivity index (χ2n) is 5.78. The summed E-state index contributed by atoms with van der Waals surface area (Å²) in [6.07, 6.45) is 1.32. The van der Waals surface area contributed by atoms with E-state index in [-0.39, 0.29) is 24.8 Å². The zero-order valence-electron chi connectivity index (χ0n) is 14.6. The molecule has 0 aliphatic rings. The Hall–Kier alpha value is -3.74. The monoisotopic (exact) mass is 361 g/mol. The Morgan fingerprint density at radius 2 is 1.81 bits per heavy atom. The first kappa shape index (κ1) is 18.1. The number of aromatic amines is 1. The quantitative estimate of drug-likeness (QED) is 0.563. The number of carbonyl (C=O) groups excluding carboxylic acids is 2. The molecule has 0 saturated heterocycles. The first-order valence-corrected chi connectivity index (χ1v) is 8.40. The number of nitrogens with zero attached hydrogens (tertiary/aromatic N) is 2. The first-order chi connectivity index (χ1) is 13.2. The molecule has 0 unspecified atom stereocenters. The molecule has 3 N–H and O–H groups in total. The normalized spacial score (nSPS) is 10.2. The standard InChI is InChI=1S/C20H19N5O2/c1-2-18(26)22-16-11-7-6-10-15(16)12-19(27)21-13-17-23-20(25-24-17)14-8-4-3-5-9-14/h2-11H,1,12-13H2,(H,21,27)(H,22,26)(H,23,24,25). The zero-order valence-corrected chi connectivity index (χ0v) is 14.6. The average Bonchev–Trinajstić information content (AvgIpc) is 3.17. The van der Waals surface area contributed by atoms with Crippen molar-refractivity contribution in [3.63, 3.8) is 0 Å². The Labute approximate surface area is 156 Å². The number of benzene rings is 2. The maximum Gasteiger partial charge on any atom is 0.247 e. The fraction of sp³-hybridized carbons (Fsp3) is 0.100. The summed E-state index contributed by atoms with van der Waals surface area (Å²) in [4.78, 5) is 28.1. The predicted molar refractivity (Wildman–Crippen MR) is 103 cm³/mol. The van der Waals surface area contributed by atoms with Crippen molar-refractivity contribution in [2.45, 2.75) is 13.0 Å². The van der Waals surface area contributed by atoms with Crippen molar-refractivity contribution in [1.82, 2.24) is 20.5 Å². The lowest BCUT2D eigenvalue weighted by atomic mass is 10.1. The number of aromatic nitrogens is 3. The van der Waals surface area contributed by atoms with Gasteiger partial charge in [0.15, 0.2) is 5.82 Å². The summed E-state index contributed by atoms with van der Waals surface area (Å²) in [5.41, 5.74) is 2.20. The molecule has 2 aromatic carbocycles. The molecule has 3 rings (SSSR count). The number of anilines is 1. The van der Waals surface area contributed by atoms with Gasteiger partial charge in [-0.25, -0.2) is 4.98 Å². The third kappa shape index (κ3) is 4.88. The highest BCUT2D eigenvalue weighted by Gasteiger charge is 2.11. The van der Waals surface area contributed by atoms with Gasteiger partial charge in [-0.2, -0.15) is 5.10 Å². The molecule has 0 saturated carbocycles. The molecule has 0 aliphatic carbocycles. The minimum absolute atomic E-state index is 0.132. The summed E-state index contributed by atoms with van der Waals surface area (Å²) in [5, 5.41) is 12.5. The number of H-pyrrole nitrogens is 1. The largest absolute Gasteiger partial charge is 0.349 e. The number of hydrogen-bond acceptors (Lipinski definition) is 4. The second kappa shape index (κ2) is 8.57. The highest BCUT2D eigenvalue weighted by atomic mass is 16.2. The number of hydrogen-bond donors (Lipinski definition) is 3. The van der Waals surface area contributed by atoms with E-state index in [4.69, 9.17) is 0 Å². The smallest absolute Gasteiger partial charge is 0.247 e. The maximum atomic E-state index is 12.3. The highest BCUT2D eigenvalue weighted by Crippen LogP contribution is 2.16. The number of para-hydroxylation sites is 1. The van der Waals surface area contributed by atoms with Gasteiger partial charge in [-0.3, -0.25) is 14.7 Å². The topological polar surface area (TPSA) is 99.8 Å². The van der Waals surface area contributed by atoms with Gasteiger partial charge < -0.3 is 10.6 Å². The molecule has 7 nitrogen and oxygen atoms in total. The van der Waals surface area contributed by atoms with Gasteiger partial charge in [0, 0.05) is 11.3 Å². The number of amides is 2. The molecule has 0 aliphatic heterocycles. The molecule has 27 heavy (non-hydrogen) atoms. The van der Waals surface area contributed by atoms with Crippen LogP contribution in [0.25, 0.3) is 11.4 Å². The van der Waals surface area contributed by atoms with Crippen LogP contribution in [0.4, 0.5) is 5.69 Å². The van der Waals surface area contributed by atoms with Crippen molar-refractivity contribution in [2.75, 3.05) is 5.32 Å². The van der Waals surface area contributed by atoms with Crippen molar-refractivity contribution in [1.29, 1.82) is 0 Å². The minimum atomic E-state index is -0.321. The van der Waals surface area contributed by atoms with Gasteiger partial charge in [0.25, 0.3) is 0 Å². The Morgan fingerprint density at radius 3 is 2.59 bits per heavy atom. The summed E-state index contributed by atoms with van der Waals surface area (Å²) in [6.45, 7) is 3.66. The third-order valence-corrected chi connectivity index (χ3v) is 3.83. The van der Waals surface area contributed by atoms with Crippen molar-refractivity contribution < 1.29 is 9.59 Å². The molecule has 0 bridgehead atoms. The minimum Gasteiger partial charge on any atom is -0.349 e. The molecule has 3 aromatic rings. The number of rotatable bonds is 7. The lowest BCUT2D eigenvalue weighted by molar-refractivity contribution is -0.120. The third-order valence-electron chi connectivity index (χ3n) is 3.83. The van der Waals surface area contributed by atoms with Crippen LogP contribution in [0.5, 0.6) is 0 Å². The average molecular weight is 361 g/mol. The molecular weight excluding hydrogens is 342 g/mol. The summed E-state index contributed by atoms with van der Waals surface area (Å²) in [5.74, 6) is 0.638. The summed E-state index contributed by atoms with van der Waals surface area (Å²) >= 11 is 0. The Balaban J connectivity index is 1.59. The van der Waals surface area contributed by atoms with Gasteiger partial charge in [0.2, 0.25) is 11.8 Å². The summed E-state index contributed by atoms with van der Waals surface area (Å²) in [7, 11) is 0. The first-order valence-electron chi connectivity index (χ1n) is 8.40. The van der Waals surface area contributed by atoms with Crippen LogP contribution in [-0.4, -0.2) is 27.0 Å². The van der Waals surface area contributed by atoms with Crippen molar-refractivity contribution in [3.8, 4) is 11.4 Å². The van der Waals surface area contributed by atoms with Crippen LogP contribution in [0, 0.1) is 0 Å². The van der Waals surface area contributed by atoms with E-state index in [2.05, 4.69) is 32.4 Å². The van der Waals surface area contributed by atoms with Crippen LogP contribution >= 0.6 is 0 Å². The Kier molecular flexibility index (Phi) is 5.73. The zero-order chi connectivity index (χ0) is 19.1. The maximum absolute atomic E-state index is 12.3. The fourth-order valence-electron chi connectivity index (χ4n) is 2.49. The highest BCUT2D eigenvalue weighted by molar-refractivity contribution is 5.99. The molecule has 1 aromatic heterocycles. The SMILES string of the molecule is C=CC(=O)Nc1ccccc1CC(=O)NCc1nc(-c2ccccc2)n[nH]1. The predicted octanol–water partition coefficient (Wildman–Crippen LogP) is 2.46. The van der Waals surface area contributed by atoms with Gasteiger partial charge in [0.1, 0.15) is 5.82 Å². The van der Waals surface area contributed by atoms with Gasteiger partial charge >= 0.3 is 0 Å². The Morgan fingerprint density at radius 1 is 1.07 bits per heavy atom. The van der Waals surface area contributed by atoms with Gasteiger partial charge in [-0.1, -0.05) is 55.1 Å². The molecule has 136 valence electrons. The summed E-state index contributed by atoms with van der Waals surface area (Å²) in [6, 6.07) is 16.7. The van der Waals surface area contributed by atoms with Gasteiger partial charge in [-0.15, -0.1) is 0 Å². The molecule has 1 heterocycles. The van der Waals surface area contributed by atoms with E-state index in [0.717, 1.165) is 5.56 Å². The Bertz CT molecular complexity index is 950. The molecule has 7 heteroatoms. The molecular formula is C20H19N5O2. The van der Waals surface area contributed by atoms with E-state index in [9.17, 15) is 9.59 Å². The lowest BCUT2D eigenvalue weighted by Gasteiger charge is -2.09. The number of nitrogens with one attached hydrogen (secondary N) is 3. The van der Waals surface area contributed by atoms with Crippen LogP contribution in [-0.2, 0) is 22.6 Å². The molecule has 0 spiro atoms. The van der Waals surface area contributed by atoms with Crippen molar-refractivity contribution in [2.24, 2.45) is 0 Å². The van der Waals surface area contributed by atoms with E-state index in [1.807, 2.05) is 36.4 Å². The lowest BCUT2D eigenvalue weighted by Crippen LogP contribution is -2.25. The summed E-state index contributed by atoms with van der Waals surface area (Å²) < 4.78 is 0. The molecule has 2 amide bonds. The molecule has 0 atom stereocenters. The van der Waals surface area contributed by atoms with Crippen molar-refractivity contribution >= 4 is 17.5 Å². The van der Waals surface area contributed by atoms with E-state index in [0.29, 0.717) is 22.9 Å². The van der Waals surface area contributed by atoms with Gasteiger partial charge in [-0.05, 0) is 17.7 Å². The number of carbonyl (C=O) groups is 2. The van der Waals surface area contributed by atoms with Crippen LogP contribution in [0.3, 0.4) is 0 Å². The van der Waals surface area contributed by atoms with E-state index in [1.165, 1.54) is 6.08 Å². The van der Waals surface area contributed by atoms with Crippen LogP contribution in [0.1, 0.15) is 11.4 Å². The molecule has 0 fully saturated rings. The van der Waals surface area contributed by atoms with E-state index in [1.54, 1.807) is 18.2 Å². The van der Waals surface area contributed by atoms with Crippen LogP contribution in [0.2, 0.25) is 0 Å². The van der Waals surface area contributed by atoms with E-state index >= 15 is 0 Å². The van der Waals surface area contributed by atoms with E-state index < -0.39 is 0 Å². The molecule has 0 radical (unpaired) electrons. The van der Waals surface area contributed by atoms with Crippen LogP contribution < -0.4 is 10.6 Å². The van der Waals surface area contributed by atoms with Crippen molar-refractivity contribution in [3.05, 3.63) is 78.6 Å². The second-order valence-corrected chi connectivity index (χ2v) is 5.78. The van der Waals surface area contributed by atoms with Gasteiger partial charge in [0.05, 0.1) is 13.0 Å².